The number of rotatable bonds is 5. The van der Waals surface area contributed by atoms with Crippen LogP contribution in [-0.2, 0) is 6.42 Å². The number of benzene rings is 1. The summed E-state index contributed by atoms with van der Waals surface area (Å²) in [5.41, 5.74) is 2.45. The number of unbranched alkanes of at least 4 members (excludes halogenated alkanes) is 1. The second-order valence-corrected chi connectivity index (χ2v) is 4.19. The zero-order valence-electron chi connectivity index (χ0n) is 10.5. The van der Waals surface area contributed by atoms with Gasteiger partial charge >= 0.3 is 0 Å². The molecule has 0 amide bonds. The van der Waals surface area contributed by atoms with Crippen molar-refractivity contribution < 1.29 is 9.47 Å². The van der Waals surface area contributed by atoms with Gasteiger partial charge in [-0.1, -0.05) is 13.3 Å². The van der Waals surface area contributed by atoms with Crippen LogP contribution in [0.5, 0.6) is 11.5 Å². The Labute approximate surface area is 102 Å². The van der Waals surface area contributed by atoms with Gasteiger partial charge in [0.1, 0.15) is 0 Å². The van der Waals surface area contributed by atoms with Gasteiger partial charge in [0.15, 0.2) is 11.5 Å². The third-order valence-corrected chi connectivity index (χ3v) is 2.92. The first-order valence-corrected chi connectivity index (χ1v) is 6.18. The fourth-order valence-corrected chi connectivity index (χ4v) is 1.90. The molecule has 1 heterocycles. The number of fused-ring (bicyclic) bond motifs is 1. The molecule has 3 nitrogen and oxygen atoms in total. The molecule has 0 unspecified atom stereocenters. The monoisotopic (exact) mass is 233 g/mol. The molecule has 1 aliphatic heterocycles. The maximum Gasteiger partial charge on any atom is 0.161 e. The smallest absolute Gasteiger partial charge is 0.161 e. The first-order valence-electron chi connectivity index (χ1n) is 6.18. The van der Waals surface area contributed by atoms with Crippen LogP contribution in [0, 0.1) is 0 Å². The zero-order valence-corrected chi connectivity index (χ0v) is 10.5. The lowest BCUT2D eigenvalue weighted by molar-refractivity contribution is 0.288. The normalized spacial score (nSPS) is 13.3. The van der Waals surface area contributed by atoms with Crippen molar-refractivity contribution >= 4 is 6.21 Å². The van der Waals surface area contributed by atoms with Gasteiger partial charge in [-0.2, -0.15) is 0 Å². The summed E-state index contributed by atoms with van der Waals surface area (Å²) in [5.74, 6) is 1.66. The van der Waals surface area contributed by atoms with Crippen molar-refractivity contribution in [1.82, 2.24) is 0 Å². The van der Waals surface area contributed by atoms with Gasteiger partial charge in [0.25, 0.3) is 0 Å². The van der Waals surface area contributed by atoms with E-state index in [1.54, 1.807) is 7.11 Å². The van der Waals surface area contributed by atoms with E-state index in [4.69, 9.17) is 9.47 Å². The lowest BCUT2D eigenvalue weighted by Crippen LogP contribution is -2.06. The molecule has 0 spiro atoms. The molecule has 0 N–H and O–H groups in total. The van der Waals surface area contributed by atoms with E-state index in [0.717, 1.165) is 49.5 Å². The van der Waals surface area contributed by atoms with Crippen molar-refractivity contribution in [3.63, 3.8) is 0 Å². The number of hydrogen-bond donors (Lipinski definition) is 0. The van der Waals surface area contributed by atoms with Crippen molar-refractivity contribution in [2.45, 2.75) is 26.2 Å². The third-order valence-electron chi connectivity index (χ3n) is 2.92. The molecule has 1 aromatic carbocycles. The lowest BCUT2D eigenvalue weighted by atomic mass is 10.0. The summed E-state index contributed by atoms with van der Waals surface area (Å²) in [6.45, 7) is 3.76. The minimum Gasteiger partial charge on any atom is -0.493 e. The highest BCUT2D eigenvalue weighted by atomic mass is 16.5. The molecule has 17 heavy (non-hydrogen) atoms. The van der Waals surface area contributed by atoms with Crippen molar-refractivity contribution in [2.75, 3.05) is 20.3 Å². The molecule has 0 bridgehead atoms. The average molecular weight is 233 g/mol. The standard InChI is InChI=1S/C14H19NO2/c1-3-4-7-17-14-9-12-10-15-6-5-11(12)8-13(14)16-2/h8-10H,3-7H2,1-2H3. The minimum atomic E-state index is 0.739. The van der Waals surface area contributed by atoms with Crippen LogP contribution >= 0.6 is 0 Å². The van der Waals surface area contributed by atoms with Gasteiger partial charge in [0.2, 0.25) is 0 Å². The Hall–Kier alpha value is -1.51. The summed E-state index contributed by atoms with van der Waals surface area (Å²) in [4.78, 5) is 4.29. The van der Waals surface area contributed by atoms with Crippen LogP contribution < -0.4 is 9.47 Å². The van der Waals surface area contributed by atoms with E-state index in [0.29, 0.717) is 0 Å². The Morgan fingerprint density at radius 2 is 2.18 bits per heavy atom. The summed E-state index contributed by atoms with van der Waals surface area (Å²) >= 11 is 0. The SMILES string of the molecule is CCCCOc1cc2c(cc1OC)CCN=C2. The summed E-state index contributed by atoms with van der Waals surface area (Å²) in [6.07, 6.45) is 5.10. The van der Waals surface area contributed by atoms with Gasteiger partial charge < -0.3 is 9.47 Å². The Morgan fingerprint density at radius 1 is 1.29 bits per heavy atom. The Kier molecular flexibility index (Phi) is 4.02. The number of aliphatic imine (C=N–C) groups is 1. The molecular formula is C14H19NO2. The van der Waals surface area contributed by atoms with Crippen LogP contribution in [0.3, 0.4) is 0 Å². The summed E-state index contributed by atoms with van der Waals surface area (Å²) in [6, 6.07) is 4.11. The molecule has 0 atom stereocenters. The number of nitrogens with zero attached hydrogens (tertiary/aromatic N) is 1. The summed E-state index contributed by atoms with van der Waals surface area (Å²) in [5, 5.41) is 0. The van der Waals surface area contributed by atoms with E-state index in [2.05, 4.69) is 18.0 Å². The highest BCUT2D eigenvalue weighted by molar-refractivity contribution is 5.84. The van der Waals surface area contributed by atoms with Crippen LogP contribution in [0.4, 0.5) is 0 Å². The molecule has 0 aromatic heterocycles. The molecule has 0 aliphatic carbocycles. The molecular weight excluding hydrogens is 214 g/mol. The predicted molar refractivity (Wildman–Crippen MR) is 69.6 cm³/mol. The molecule has 0 saturated carbocycles. The van der Waals surface area contributed by atoms with Crippen LogP contribution in [-0.4, -0.2) is 26.5 Å². The van der Waals surface area contributed by atoms with Crippen molar-refractivity contribution in [3.05, 3.63) is 23.3 Å². The van der Waals surface area contributed by atoms with E-state index in [-0.39, 0.29) is 0 Å². The van der Waals surface area contributed by atoms with Gasteiger partial charge in [0, 0.05) is 12.8 Å². The molecule has 0 saturated heterocycles. The van der Waals surface area contributed by atoms with Crippen LogP contribution in [0.2, 0.25) is 0 Å². The highest BCUT2D eigenvalue weighted by Crippen LogP contribution is 2.31. The van der Waals surface area contributed by atoms with Crippen LogP contribution in [0.25, 0.3) is 0 Å². The maximum absolute atomic E-state index is 5.75. The molecule has 2 rings (SSSR count). The fourth-order valence-electron chi connectivity index (χ4n) is 1.90. The van der Waals surface area contributed by atoms with Gasteiger partial charge in [-0.05, 0) is 36.1 Å². The molecule has 1 aliphatic rings. The largest absolute Gasteiger partial charge is 0.493 e. The maximum atomic E-state index is 5.75. The second kappa shape index (κ2) is 5.71. The van der Waals surface area contributed by atoms with Gasteiger partial charge in [0.05, 0.1) is 13.7 Å². The minimum absolute atomic E-state index is 0.739. The molecule has 92 valence electrons. The second-order valence-electron chi connectivity index (χ2n) is 4.19. The van der Waals surface area contributed by atoms with Gasteiger partial charge in [-0.3, -0.25) is 4.99 Å². The average Bonchev–Trinajstić information content (AvgIpc) is 2.38. The van der Waals surface area contributed by atoms with Crippen molar-refractivity contribution in [1.29, 1.82) is 0 Å². The summed E-state index contributed by atoms with van der Waals surface area (Å²) in [7, 11) is 1.69. The van der Waals surface area contributed by atoms with Gasteiger partial charge in [-0.15, -0.1) is 0 Å². The summed E-state index contributed by atoms with van der Waals surface area (Å²) < 4.78 is 11.1. The Balaban J connectivity index is 2.21. The van der Waals surface area contributed by atoms with Crippen molar-refractivity contribution in [2.24, 2.45) is 4.99 Å². The Morgan fingerprint density at radius 3 is 2.94 bits per heavy atom. The fraction of sp³-hybridized carbons (Fsp3) is 0.500. The highest BCUT2D eigenvalue weighted by Gasteiger charge is 2.12. The topological polar surface area (TPSA) is 30.8 Å². The lowest BCUT2D eigenvalue weighted by Gasteiger charge is -2.16. The van der Waals surface area contributed by atoms with E-state index < -0.39 is 0 Å². The molecule has 3 heteroatoms. The van der Waals surface area contributed by atoms with Crippen LogP contribution in [0.15, 0.2) is 17.1 Å². The van der Waals surface area contributed by atoms with Gasteiger partial charge in [-0.25, -0.2) is 0 Å². The quantitative estimate of drug-likeness (QED) is 0.732. The first kappa shape index (κ1) is 12.0. The third kappa shape index (κ3) is 2.78. The van der Waals surface area contributed by atoms with E-state index in [1.165, 1.54) is 5.56 Å². The van der Waals surface area contributed by atoms with E-state index in [9.17, 15) is 0 Å². The van der Waals surface area contributed by atoms with E-state index >= 15 is 0 Å². The number of ether oxygens (including phenoxy) is 2. The zero-order chi connectivity index (χ0) is 12.1. The molecule has 0 fully saturated rings. The predicted octanol–water partition coefficient (Wildman–Crippen LogP) is 2.85. The molecule has 1 aromatic rings. The molecule has 0 radical (unpaired) electrons. The number of methoxy groups -OCH3 is 1. The van der Waals surface area contributed by atoms with Crippen LogP contribution in [0.1, 0.15) is 30.9 Å². The Bertz CT molecular complexity index is 413. The number of hydrogen-bond acceptors (Lipinski definition) is 3. The first-order chi connectivity index (χ1) is 8.35. The van der Waals surface area contributed by atoms with Crippen molar-refractivity contribution in [3.8, 4) is 11.5 Å². The van der Waals surface area contributed by atoms with E-state index in [1.807, 2.05) is 12.3 Å².